The first-order valence-corrected chi connectivity index (χ1v) is 15.3. The van der Waals surface area contributed by atoms with Crippen molar-refractivity contribution >= 4 is 45.5 Å². The molecule has 12 heteroatoms. The summed E-state index contributed by atoms with van der Waals surface area (Å²) in [6.45, 7) is 6.92. The first-order valence-electron chi connectivity index (χ1n) is 14.5. The average Bonchev–Trinajstić information content (AvgIpc) is 3.41. The number of carbonyl (C=O) groups excluding carboxylic acids is 1. The Bertz CT molecular complexity index is 1460. The van der Waals surface area contributed by atoms with Crippen LogP contribution in [-0.2, 0) is 11.3 Å². The Hall–Kier alpha value is -3.58. The summed E-state index contributed by atoms with van der Waals surface area (Å²) in [4.78, 5) is 23.2. The van der Waals surface area contributed by atoms with Gasteiger partial charge in [-0.3, -0.25) is 4.79 Å². The second-order valence-electron chi connectivity index (χ2n) is 10.8. The standard InChI is InChI=1S/C31H38F2N6O3S/c1-3-39-12-13-42-29-7-5-22(15-26(29)39)37(2)27-16-23(43-31(27)36-30(34)19-40)17-35-21-8-10-38(11-9-21)18-28(41)24-6-4-20(32)14-25(24)33/h4-7,14-16,19,21,28,35,41H,3,8-13,17-18H2,1-2H3,(H2,34,36)/t28-/m0/s1. The molecule has 3 aromatic rings. The van der Waals surface area contributed by atoms with Crippen LogP contribution in [0.25, 0.3) is 0 Å². The van der Waals surface area contributed by atoms with E-state index in [9.17, 15) is 18.7 Å². The number of fused-ring (bicyclic) bond motifs is 1. The summed E-state index contributed by atoms with van der Waals surface area (Å²) in [5, 5.41) is 14.8. The topological polar surface area (TPSA) is 107 Å². The molecule has 0 unspecified atom stereocenters. The molecule has 230 valence electrons. The van der Waals surface area contributed by atoms with Crippen LogP contribution in [-0.4, -0.2) is 74.5 Å². The van der Waals surface area contributed by atoms with Crippen LogP contribution in [0, 0.1) is 11.6 Å². The number of thiophene rings is 1. The van der Waals surface area contributed by atoms with Crippen molar-refractivity contribution in [1.29, 1.82) is 0 Å². The number of nitrogens with two attached hydrogens (primary N) is 1. The molecule has 1 atom stereocenters. The number of hydrogen-bond acceptors (Lipinski definition) is 9. The maximum Gasteiger partial charge on any atom is 0.184 e. The predicted molar refractivity (Wildman–Crippen MR) is 167 cm³/mol. The van der Waals surface area contributed by atoms with Crippen LogP contribution in [0.4, 0.5) is 30.8 Å². The first kappa shape index (κ1) is 30.9. The molecule has 0 bridgehead atoms. The molecule has 2 aromatic carbocycles. The number of hydrogen-bond donors (Lipinski definition) is 3. The summed E-state index contributed by atoms with van der Waals surface area (Å²) in [5.41, 5.74) is 8.79. The van der Waals surface area contributed by atoms with E-state index in [0.29, 0.717) is 31.0 Å². The Kier molecular flexibility index (Phi) is 9.91. The van der Waals surface area contributed by atoms with E-state index in [1.54, 1.807) is 0 Å². The Morgan fingerprint density at radius 3 is 2.74 bits per heavy atom. The number of aliphatic imine (C=N–C) groups is 1. The van der Waals surface area contributed by atoms with Crippen LogP contribution in [0.15, 0.2) is 47.5 Å². The molecule has 4 N–H and O–H groups in total. The fourth-order valence-electron chi connectivity index (χ4n) is 5.59. The Morgan fingerprint density at radius 1 is 1.23 bits per heavy atom. The van der Waals surface area contributed by atoms with Crippen LogP contribution in [0.5, 0.6) is 5.75 Å². The fraction of sp³-hybridized carbons (Fsp3) is 0.419. The van der Waals surface area contributed by atoms with E-state index in [1.807, 2.05) is 24.1 Å². The van der Waals surface area contributed by atoms with E-state index < -0.39 is 17.7 Å². The van der Waals surface area contributed by atoms with Crippen molar-refractivity contribution in [2.45, 2.75) is 38.5 Å². The van der Waals surface area contributed by atoms with Gasteiger partial charge < -0.3 is 35.6 Å². The SMILES string of the molecule is CCN1CCOc2ccc(N(C)c3cc(CNC4CCN(C[C@H](O)c5ccc(F)cc5F)CC4)sc3/N=C(/N)C=O)cc21. The van der Waals surface area contributed by atoms with Gasteiger partial charge in [0.15, 0.2) is 12.1 Å². The van der Waals surface area contributed by atoms with Gasteiger partial charge in [0.25, 0.3) is 0 Å². The maximum atomic E-state index is 14.1. The van der Waals surface area contributed by atoms with Crippen molar-refractivity contribution in [3.8, 4) is 5.75 Å². The number of benzene rings is 2. The van der Waals surface area contributed by atoms with Gasteiger partial charge in [-0.25, -0.2) is 13.8 Å². The molecule has 0 aliphatic carbocycles. The van der Waals surface area contributed by atoms with Crippen molar-refractivity contribution in [1.82, 2.24) is 10.2 Å². The molecular formula is C31H38F2N6O3S. The van der Waals surface area contributed by atoms with E-state index in [2.05, 4.69) is 39.2 Å². The average molecular weight is 613 g/mol. The third kappa shape index (κ3) is 7.32. The number of amidine groups is 1. The molecule has 3 heterocycles. The summed E-state index contributed by atoms with van der Waals surface area (Å²) in [5.74, 6) is -0.602. The second kappa shape index (κ2) is 13.8. The molecule has 2 aliphatic rings. The molecule has 0 saturated carbocycles. The molecule has 0 spiro atoms. The van der Waals surface area contributed by atoms with E-state index in [4.69, 9.17) is 10.5 Å². The molecule has 2 aliphatic heterocycles. The Labute approximate surface area is 254 Å². The number of aliphatic hydroxyl groups is 1. The van der Waals surface area contributed by atoms with Gasteiger partial charge in [-0.15, -0.1) is 11.3 Å². The minimum atomic E-state index is -1.02. The molecule has 43 heavy (non-hydrogen) atoms. The van der Waals surface area contributed by atoms with Gasteiger partial charge in [0.1, 0.15) is 29.0 Å². The number of aldehydes is 1. The Balaban J connectivity index is 1.22. The number of likely N-dealkylation sites (tertiary alicyclic amines) is 1. The molecule has 1 saturated heterocycles. The number of piperidine rings is 1. The molecule has 0 amide bonds. The van der Waals surface area contributed by atoms with Crippen LogP contribution < -0.4 is 25.6 Å². The van der Waals surface area contributed by atoms with Crippen molar-refractivity contribution in [2.75, 3.05) is 56.2 Å². The highest BCUT2D eigenvalue weighted by Crippen LogP contribution is 2.43. The van der Waals surface area contributed by atoms with E-state index in [-0.39, 0.29) is 17.4 Å². The Morgan fingerprint density at radius 2 is 2.02 bits per heavy atom. The van der Waals surface area contributed by atoms with Crippen molar-refractivity contribution in [3.05, 3.63) is 64.5 Å². The van der Waals surface area contributed by atoms with E-state index >= 15 is 0 Å². The smallest absolute Gasteiger partial charge is 0.184 e. The number of halogens is 2. The lowest BCUT2D eigenvalue weighted by Gasteiger charge is -2.33. The third-order valence-electron chi connectivity index (χ3n) is 8.03. The largest absolute Gasteiger partial charge is 0.490 e. The number of likely N-dealkylation sites (N-methyl/N-ethyl adjacent to an activating group) is 1. The number of anilines is 3. The highest BCUT2D eigenvalue weighted by Gasteiger charge is 2.24. The minimum absolute atomic E-state index is 0.0814. The molecule has 0 radical (unpaired) electrons. The normalized spacial score (nSPS) is 17.0. The second-order valence-corrected chi connectivity index (χ2v) is 11.9. The maximum absolute atomic E-state index is 14.1. The third-order valence-corrected chi connectivity index (χ3v) is 9.05. The summed E-state index contributed by atoms with van der Waals surface area (Å²) >= 11 is 1.49. The number of nitrogens with one attached hydrogen (secondary N) is 1. The predicted octanol–water partition coefficient (Wildman–Crippen LogP) is 4.49. The molecule has 1 fully saturated rings. The van der Waals surface area contributed by atoms with Crippen molar-refractivity contribution < 1.29 is 23.4 Å². The lowest BCUT2D eigenvalue weighted by atomic mass is 10.0. The summed E-state index contributed by atoms with van der Waals surface area (Å²) < 4.78 is 33.2. The van der Waals surface area contributed by atoms with E-state index in [0.717, 1.165) is 78.8 Å². The fourth-order valence-corrected chi connectivity index (χ4v) is 6.61. The van der Waals surface area contributed by atoms with Gasteiger partial charge in [0.05, 0.1) is 24.0 Å². The molecule has 5 rings (SSSR count). The molecule has 1 aromatic heterocycles. The summed E-state index contributed by atoms with van der Waals surface area (Å²) in [6, 6.07) is 11.7. The minimum Gasteiger partial charge on any atom is -0.490 e. The zero-order valence-corrected chi connectivity index (χ0v) is 25.2. The highest BCUT2D eigenvalue weighted by molar-refractivity contribution is 7.16. The van der Waals surface area contributed by atoms with Crippen LogP contribution in [0.1, 0.15) is 36.3 Å². The van der Waals surface area contributed by atoms with Crippen molar-refractivity contribution in [2.24, 2.45) is 10.7 Å². The summed E-state index contributed by atoms with van der Waals surface area (Å²) in [7, 11) is 1.97. The van der Waals surface area contributed by atoms with Crippen LogP contribution >= 0.6 is 11.3 Å². The highest BCUT2D eigenvalue weighted by atomic mass is 32.1. The quantitative estimate of drug-likeness (QED) is 0.165. The number of carbonyl (C=O) groups is 1. The molecule has 9 nitrogen and oxygen atoms in total. The number of nitrogens with zero attached hydrogens (tertiary/aromatic N) is 4. The number of aliphatic hydroxyl groups excluding tert-OH is 1. The lowest BCUT2D eigenvalue weighted by molar-refractivity contribution is -0.102. The summed E-state index contributed by atoms with van der Waals surface area (Å²) in [6.07, 6.45) is 1.26. The zero-order chi connectivity index (χ0) is 30.5. The number of rotatable bonds is 11. The number of ether oxygens (including phenoxy) is 1. The van der Waals surface area contributed by atoms with Crippen LogP contribution in [0.2, 0.25) is 0 Å². The van der Waals surface area contributed by atoms with Gasteiger partial charge in [0.2, 0.25) is 0 Å². The monoisotopic (exact) mass is 612 g/mol. The zero-order valence-electron chi connectivity index (χ0n) is 24.4. The van der Waals surface area contributed by atoms with Gasteiger partial charge in [-0.05, 0) is 63.2 Å². The number of β-amino-alcohol motifs (C(OH)–C–C–N with tert-alkyl or cyclic N) is 1. The first-order chi connectivity index (χ1) is 20.7. The van der Waals surface area contributed by atoms with Gasteiger partial charge >= 0.3 is 0 Å². The van der Waals surface area contributed by atoms with Crippen LogP contribution in [0.3, 0.4) is 0 Å². The van der Waals surface area contributed by atoms with Gasteiger partial charge in [-0.2, -0.15) is 0 Å². The van der Waals surface area contributed by atoms with Gasteiger partial charge in [-0.1, -0.05) is 6.07 Å². The lowest BCUT2D eigenvalue weighted by Crippen LogP contribution is -2.43. The van der Waals surface area contributed by atoms with Crippen molar-refractivity contribution in [3.63, 3.8) is 0 Å². The van der Waals surface area contributed by atoms with E-state index in [1.165, 1.54) is 17.4 Å². The molecular weight excluding hydrogens is 574 g/mol. The van der Waals surface area contributed by atoms with Gasteiger partial charge in [0, 0.05) is 54.9 Å².